The lowest BCUT2D eigenvalue weighted by atomic mass is 9.82. The van der Waals surface area contributed by atoms with E-state index in [1.54, 1.807) is 0 Å². The molecule has 1 heterocycles. The van der Waals surface area contributed by atoms with Gasteiger partial charge in [0.2, 0.25) is 0 Å². The Morgan fingerprint density at radius 2 is 1.02 bits per heavy atom. The largest absolute Gasteiger partial charge is 0.507 e. The monoisotopic (exact) mass is 584 g/mol. The van der Waals surface area contributed by atoms with Gasteiger partial charge in [0.05, 0.1) is 45.7 Å². The summed E-state index contributed by atoms with van der Waals surface area (Å²) in [5.41, 5.74) is 6.58. The fraction of sp³-hybridized carbons (Fsp3) is 0.389. The fourth-order valence-corrected chi connectivity index (χ4v) is 6.13. The maximum absolute atomic E-state index is 11.6. The number of aliphatic hydroxyl groups is 1. The van der Waals surface area contributed by atoms with Crippen LogP contribution in [0.5, 0.6) is 17.2 Å². The van der Waals surface area contributed by atoms with Crippen LogP contribution in [0.1, 0.15) is 33.4 Å². The molecule has 7 nitrogen and oxygen atoms in total. The highest BCUT2D eigenvalue weighted by Gasteiger charge is 2.27. The normalized spacial score (nSPS) is 21.7. The summed E-state index contributed by atoms with van der Waals surface area (Å²) in [5, 5.41) is 23.1. The topological polar surface area (TPSA) is 86.6 Å². The van der Waals surface area contributed by atoms with Crippen molar-refractivity contribution in [2.24, 2.45) is 5.92 Å². The van der Waals surface area contributed by atoms with Gasteiger partial charge >= 0.3 is 0 Å². The molecule has 0 radical (unpaired) electrons. The summed E-state index contributed by atoms with van der Waals surface area (Å²) in [6, 6.07) is 18.2. The Balaban J connectivity index is 1.46. The van der Waals surface area contributed by atoms with Crippen molar-refractivity contribution in [2.45, 2.75) is 31.8 Å². The number of allylic oxidation sites excluding steroid dienone is 2. The number of hydrogen-bond donors (Lipinski definition) is 2. The van der Waals surface area contributed by atoms with Gasteiger partial charge in [-0.25, -0.2) is 0 Å². The Kier molecular flexibility index (Phi) is 9.75. The number of benzene rings is 3. The predicted molar refractivity (Wildman–Crippen MR) is 164 cm³/mol. The minimum absolute atomic E-state index is 0.116. The molecule has 7 heteroatoms. The van der Waals surface area contributed by atoms with Gasteiger partial charge < -0.3 is 33.9 Å². The zero-order chi connectivity index (χ0) is 29.4. The Hall–Kier alpha value is -3.62. The molecule has 3 aromatic rings. The molecule has 0 amide bonds. The van der Waals surface area contributed by atoms with Crippen LogP contribution in [0.2, 0.25) is 0 Å². The second-order valence-electron chi connectivity index (χ2n) is 11.2. The Morgan fingerprint density at radius 3 is 1.60 bits per heavy atom. The van der Waals surface area contributed by atoms with Gasteiger partial charge in [0.1, 0.15) is 30.5 Å². The van der Waals surface area contributed by atoms with Crippen molar-refractivity contribution in [3.8, 4) is 17.2 Å². The van der Waals surface area contributed by atoms with Crippen molar-refractivity contribution < 1.29 is 33.9 Å². The number of fused-ring (bicyclic) bond motifs is 2. The highest BCUT2D eigenvalue weighted by atomic mass is 16.6. The van der Waals surface area contributed by atoms with Crippen LogP contribution in [0.4, 0.5) is 0 Å². The molecule has 226 valence electrons. The number of aromatic hydroxyl groups is 1. The summed E-state index contributed by atoms with van der Waals surface area (Å²) < 4.78 is 30.0. The minimum atomic E-state index is -0.646. The first-order valence-electron chi connectivity index (χ1n) is 15.2. The molecule has 2 N–H and O–H groups in total. The van der Waals surface area contributed by atoms with E-state index < -0.39 is 6.10 Å². The van der Waals surface area contributed by atoms with Crippen molar-refractivity contribution in [1.82, 2.24) is 0 Å². The SMILES string of the molecule is Oc1c2cccc1Cc1cccc3c1OCCOCCOCCOCCOc1c(cccc1C2)CC1=CC=CC(C3)C1O. The molecule has 43 heavy (non-hydrogen) atoms. The van der Waals surface area contributed by atoms with Gasteiger partial charge in [-0.15, -0.1) is 0 Å². The van der Waals surface area contributed by atoms with Crippen molar-refractivity contribution in [1.29, 1.82) is 0 Å². The summed E-state index contributed by atoms with van der Waals surface area (Å²) in [5.74, 6) is 1.73. The second-order valence-corrected chi connectivity index (χ2v) is 11.2. The average Bonchev–Trinajstić information content (AvgIpc) is 3.00. The van der Waals surface area contributed by atoms with E-state index in [1.165, 1.54) is 0 Å². The molecule has 0 fully saturated rings. The number of rotatable bonds is 0. The molecule has 10 bridgehead atoms. The van der Waals surface area contributed by atoms with Crippen molar-refractivity contribution in [3.05, 3.63) is 112 Å². The Bertz CT molecular complexity index is 1460. The third-order valence-corrected chi connectivity index (χ3v) is 8.32. The molecule has 3 aliphatic rings. The first kappa shape index (κ1) is 29.5. The maximum atomic E-state index is 11.6. The number of ether oxygens (including phenoxy) is 5. The third-order valence-electron chi connectivity index (χ3n) is 8.32. The molecule has 2 atom stereocenters. The standard InChI is InChI=1S/C36H40O7/c37-33-25-5-1-6-26(33)22-30-10-4-12-32-24-28-8-2-7-27(34(28)38)23-31-11-3-9-29(21-25)35(31)42-19-17-40-15-13-39-14-16-41-18-20-43-36(30)32/h1-12,25,33,37-38H,13-24H2. The van der Waals surface area contributed by atoms with E-state index >= 15 is 0 Å². The van der Waals surface area contributed by atoms with E-state index in [1.807, 2.05) is 42.5 Å². The lowest BCUT2D eigenvalue weighted by Crippen LogP contribution is -2.27. The van der Waals surface area contributed by atoms with E-state index in [4.69, 9.17) is 23.7 Å². The fourth-order valence-electron chi connectivity index (χ4n) is 6.13. The number of hydrogen-bond acceptors (Lipinski definition) is 7. The minimum Gasteiger partial charge on any atom is -0.507 e. The molecule has 2 unspecified atom stereocenters. The Labute approximate surface area is 253 Å². The van der Waals surface area contributed by atoms with Crippen molar-refractivity contribution in [2.75, 3.05) is 52.9 Å². The zero-order valence-corrected chi connectivity index (χ0v) is 24.5. The lowest BCUT2D eigenvalue weighted by Gasteiger charge is -2.28. The molecule has 6 rings (SSSR count). The van der Waals surface area contributed by atoms with Gasteiger partial charge in [0.15, 0.2) is 0 Å². The maximum Gasteiger partial charge on any atom is 0.126 e. The molecule has 0 saturated heterocycles. The number of para-hydroxylation sites is 3. The summed E-state index contributed by atoms with van der Waals surface area (Å²) in [7, 11) is 0. The highest BCUT2D eigenvalue weighted by molar-refractivity contribution is 5.53. The smallest absolute Gasteiger partial charge is 0.126 e. The highest BCUT2D eigenvalue weighted by Crippen LogP contribution is 2.37. The van der Waals surface area contributed by atoms with Crippen LogP contribution in [-0.4, -0.2) is 69.2 Å². The molecule has 2 aliphatic carbocycles. The first-order valence-corrected chi connectivity index (χ1v) is 15.2. The lowest BCUT2D eigenvalue weighted by molar-refractivity contribution is 0.00481. The summed E-state index contributed by atoms with van der Waals surface area (Å²) in [4.78, 5) is 0. The van der Waals surface area contributed by atoms with Crippen LogP contribution >= 0.6 is 0 Å². The molecular weight excluding hydrogens is 544 g/mol. The van der Waals surface area contributed by atoms with Gasteiger partial charge in [0.25, 0.3) is 0 Å². The van der Waals surface area contributed by atoms with Gasteiger partial charge in [-0.1, -0.05) is 72.8 Å². The summed E-state index contributed by atoms with van der Waals surface area (Å²) in [6.45, 7) is 3.49. The van der Waals surface area contributed by atoms with E-state index in [0.717, 1.165) is 50.5 Å². The quantitative estimate of drug-likeness (QED) is 0.386. The summed E-state index contributed by atoms with van der Waals surface area (Å²) >= 11 is 0. The Morgan fingerprint density at radius 1 is 0.558 bits per heavy atom. The van der Waals surface area contributed by atoms with Gasteiger partial charge in [-0.05, 0) is 51.8 Å². The van der Waals surface area contributed by atoms with Gasteiger partial charge in [0, 0.05) is 18.8 Å². The van der Waals surface area contributed by atoms with Crippen molar-refractivity contribution >= 4 is 0 Å². The van der Waals surface area contributed by atoms with E-state index in [0.29, 0.717) is 78.5 Å². The number of phenols is 1. The van der Waals surface area contributed by atoms with Crippen LogP contribution in [-0.2, 0) is 39.9 Å². The van der Waals surface area contributed by atoms with Crippen LogP contribution in [0, 0.1) is 5.92 Å². The van der Waals surface area contributed by atoms with Crippen LogP contribution in [0.3, 0.4) is 0 Å². The second kappa shape index (κ2) is 14.2. The number of phenolic OH excluding ortho intramolecular Hbond substituents is 1. The molecular formula is C36H40O7. The molecule has 0 saturated carbocycles. The third kappa shape index (κ3) is 7.13. The van der Waals surface area contributed by atoms with Gasteiger partial charge in [-0.2, -0.15) is 0 Å². The molecule has 3 aromatic carbocycles. The molecule has 0 spiro atoms. The van der Waals surface area contributed by atoms with Crippen LogP contribution in [0.25, 0.3) is 0 Å². The van der Waals surface area contributed by atoms with Crippen LogP contribution < -0.4 is 9.47 Å². The number of aliphatic hydroxyl groups excluding tert-OH is 1. The molecule has 0 aromatic heterocycles. The molecule has 1 aliphatic heterocycles. The van der Waals surface area contributed by atoms with E-state index in [2.05, 4.69) is 30.4 Å². The zero-order valence-electron chi connectivity index (χ0n) is 24.5. The predicted octanol–water partition coefficient (Wildman–Crippen LogP) is 4.97. The van der Waals surface area contributed by atoms with E-state index in [-0.39, 0.29) is 11.7 Å². The summed E-state index contributed by atoms with van der Waals surface area (Å²) in [6.07, 6.45) is 7.67. The van der Waals surface area contributed by atoms with E-state index in [9.17, 15) is 10.2 Å². The first-order chi connectivity index (χ1) is 21.2. The van der Waals surface area contributed by atoms with Crippen LogP contribution in [0.15, 0.2) is 78.4 Å². The average molecular weight is 585 g/mol. The van der Waals surface area contributed by atoms with Crippen molar-refractivity contribution in [3.63, 3.8) is 0 Å². The van der Waals surface area contributed by atoms with Gasteiger partial charge in [-0.3, -0.25) is 0 Å².